The van der Waals surface area contributed by atoms with E-state index in [0.717, 1.165) is 16.8 Å². The number of nitrogens with one attached hydrogen (secondary N) is 1. The molecule has 2 heterocycles. The van der Waals surface area contributed by atoms with E-state index in [1.807, 2.05) is 41.3 Å². The van der Waals surface area contributed by atoms with Gasteiger partial charge in [0.15, 0.2) is 0 Å². The maximum Gasteiger partial charge on any atom is 0.414 e. The smallest absolute Gasteiger partial charge is 0.414 e. The molecule has 10 nitrogen and oxygen atoms in total. The van der Waals surface area contributed by atoms with Crippen LogP contribution in [0.1, 0.15) is 34.3 Å². The normalized spacial score (nSPS) is 15.6. The highest BCUT2D eigenvalue weighted by atomic mass is 16.6. The lowest BCUT2D eigenvalue weighted by molar-refractivity contribution is -0.384. The number of nitro groups is 1. The van der Waals surface area contributed by atoms with Crippen molar-refractivity contribution in [3.05, 3.63) is 93.5 Å². The molecule has 0 spiro atoms. The molecule has 3 aromatic rings. The number of carbonyl (C=O) groups is 2. The molecule has 3 N–H and O–H groups in total. The van der Waals surface area contributed by atoms with E-state index in [1.165, 1.54) is 6.07 Å². The van der Waals surface area contributed by atoms with Crippen molar-refractivity contribution in [3.8, 4) is 0 Å². The van der Waals surface area contributed by atoms with Crippen molar-refractivity contribution in [2.24, 2.45) is 0 Å². The number of benzene rings is 3. The lowest BCUT2D eigenvalue weighted by atomic mass is 9.99. The molecule has 2 aliphatic rings. The van der Waals surface area contributed by atoms with Gasteiger partial charge in [0, 0.05) is 48.6 Å². The summed E-state index contributed by atoms with van der Waals surface area (Å²) in [7, 11) is 0. The van der Waals surface area contributed by atoms with Gasteiger partial charge in [-0.2, -0.15) is 0 Å². The first-order valence-electron chi connectivity index (χ1n) is 12.1. The summed E-state index contributed by atoms with van der Waals surface area (Å²) in [5.74, 6) is -0.396. The van der Waals surface area contributed by atoms with E-state index in [-0.39, 0.29) is 36.5 Å². The number of rotatable bonds is 6. The molecule has 0 radical (unpaired) electrons. The van der Waals surface area contributed by atoms with E-state index in [9.17, 15) is 19.7 Å². The number of para-hydroxylation sites is 1. The summed E-state index contributed by atoms with van der Waals surface area (Å²) in [6.07, 6.45) is 0.895. The Morgan fingerprint density at radius 1 is 1.05 bits per heavy atom. The molecule has 37 heavy (non-hydrogen) atoms. The van der Waals surface area contributed by atoms with Crippen molar-refractivity contribution < 1.29 is 19.2 Å². The number of nitrogens with two attached hydrogens (primary N) is 1. The zero-order valence-electron chi connectivity index (χ0n) is 20.1. The van der Waals surface area contributed by atoms with Crippen LogP contribution in [0.2, 0.25) is 0 Å². The third-order valence-electron chi connectivity index (χ3n) is 6.84. The van der Waals surface area contributed by atoms with Crippen LogP contribution in [-0.2, 0) is 17.9 Å². The third-order valence-corrected chi connectivity index (χ3v) is 6.84. The van der Waals surface area contributed by atoms with Crippen molar-refractivity contribution in [2.75, 3.05) is 28.6 Å². The Balaban J connectivity index is 1.27. The number of ether oxygens (including phenoxy) is 1. The van der Waals surface area contributed by atoms with Gasteiger partial charge in [-0.3, -0.25) is 19.8 Å². The van der Waals surface area contributed by atoms with Gasteiger partial charge in [-0.15, -0.1) is 0 Å². The van der Waals surface area contributed by atoms with Crippen LogP contribution in [0.4, 0.5) is 27.5 Å². The molecule has 2 amide bonds. The first-order chi connectivity index (χ1) is 17.9. The average Bonchev–Trinajstić information content (AvgIpc) is 2.92. The summed E-state index contributed by atoms with van der Waals surface area (Å²) in [5, 5.41) is 14.7. The molecule has 0 atom stereocenters. The molecule has 0 unspecified atom stereocenters. The van der Waals surface area contributed by atoms with E-state index < -0.39 is 10.8 Å². The summed E-state index contributed by atoms with van der Waals surface area (Å²) < 4.78 is 5.36. The van der Waals surface area contributed by atoms with Crippen LogP contribution in [0, 0.1) is 10.1 Å². The van der Waals surface area contributed by atoms with Crippen LogP contribution in [0.15, 0.2) is 66.7 Å². The lowest BCUT2D eigenvalue weighted by Crippen LogP contribution is -2.49. The van der Waals surface area contributed by atoms with Gasteiger partial charge in [0.05, 0.1) is 10.6 Å². The summed E-state index contributed by atoms with van der Waals surface area (Å²) in [6.45, 7) is 1.60. The molecular formula is C27H27N5O5. The third kappa shape index (κ3) is 5.04. The topological polar surface area (TPSA) is 131 Å². The van der Waals surface area contributed by atoms with E-state index in [0.29, 0.717) is 37.3 Å². The van der Waals surface area contributed by atoms with E-state index in [4.69, 9.17) is 10.5 Å². The van der Waals surface area contributed by atoms with Gasteiger partial charge in [0.2, 0.25) is 0 Å². The first kappa shape index (κ1) is 24.1. The molecule has 10 heteroatoms. The fourth-order valence-corrected chi connectivity index (χ4v) is 4.88. The Labute approximate surface area is 213 Å². The van der Waals surface area contributed by atoms with Crippen molar-refractivity contribution >= 4 is 34.7 Å². The Kier molecular flexibility index (Phi) is 6.63. The second-order valence-electron chi connectivity index (χ2n) is 9.16. The number of piperidine rings is 1. The van der Waals surface area contributed by atoms with Crippen LogP contribution in [0.3, 0.4) is 0 Å². The highest BCUT2D eigenvalue weighted by Crippen LogP contribution is 2.35. The van der Waals surface area contributed by atoms with Gasteiger partial charge in [0.25, 0.3) is 11.6 Å². The molecule has 0 bridgehead atoms. The minimum atomic E-state index is -0.462. The monoisotopic (exact) mass is 501 g/mol. The Morgan fingerprint density at radius 2 is 1.78 bits per heavy atom. The fourth-order valence-electron chi connectivity index (χ4n) is 4.88. The maximum absolute atomic E-state index is 12.7. The van der Waals surface area contributed by atoms with Crippen molar-refractivity contribution in [2.45, 2.75) is 32.0 Å². The average molecular weight is 502 g/mol. The lowest BCUT2D eigenvalue weighted by Gasteiger charge is -2.40. The highest BCUT2D eigenvalue weighted by molar-refractivity contribution is 5.96. The molecule has 1 saturated heterocycles. The largest absolute Gasteiger partial charge is 0.444 e. The zero-order valence-corrected chi connectivity index (χ0v) is 20.1. The second-order valence-corrected chi connectivity index (χ2v) is 9.16. The molecule has 3 aromatic carbocycles. The number of cyclic esters (lactones) is 1. The highest BCUT2D eigenvalue weighted by Gasteiger charge is 2.35. The van der Waals surface area contributed by atoms with Gasteiger partial charge in [0.1, 0.15) is 12.3 Å². The predicted molar refractivity (Wildman–Crippen MR) is 139 cm³/mol. The first-order valence-corrected chi connectivity index (χ1v) is 12.1. The number of hydrogen-bond acceptors (Lipinski definition) is 7. The van der Waals surface area contributed by atoms with Crippen LogP contribution in [-0.4, -0.2) is 36.1 Å². The Hall–Kier alpha value is -4.60. The second kappa shape index (κ2) is 10.2. The summed E-state index contributed by atoms with van der Waals surface area (Å²) in [4.78, 5) is 40.3. The molecule has 0 saturated carbocycles. The zero-order chi connectivity index (χ0) is 25.9. The Bertz CT molecular complexity index is 1340. The fraction of sp³-hybridized carbons (Fsp3) is 0.259. The van der Waals surface area contributed by atoms with Crippen LogP contribution in [0.5, 0.6) is 0 Å². The van der Waals surface area contributed by atoms with E-state index in [1.54, 1.807) is 29.2 Å². The number of anilines is 3. The van der Waals surface area contributed by atoms with Crippen LogP contribution in [0.25, 0.3) is 0 Å². The van der Waals surface area contributed by atoms with Crippen molar-refractivity contribution in [3.63, 3.8) is 0 Å². The van der Waals surface area contributed by atoms with E-state index in [2.05, 4.69) is 5.32 Å². The van der Waals surface area contributed by atoms with Crippen LogP contribution >= 0.6 is 0 Å². The minimum Gasteiger partial charge on any atom is -0.444 e. The number of fused-ring (bicyclic) bond motifs is 1. The molecule has 0 aliphatic carbocycles. The minimum absolute atomic E-state index is 0.0670. The maximum atomic E-state index is 12.7. The molecular weight excluding hydrogens is 474 g/mol. The summed E-state index contributed by atoms with van der Waals surface area (Å²) >= 11 is 0. The van der Waals surface area contributed by atoms with Gasteiger partial charge in [-0.1, -0.05) is 30.3 Å². The summed E-state index contributed by atoms with van der Waals surface area (Å²) in [5.41, 5.74) is 9.56. The number of nitrogen functional groups attached to an aromatic ring is 1. The molecule has 190 valence electrons. The standard InChI is InChI=1S/C27H27N5O5/c28-21-8-5-18(6-9-21)16-29-26(33)19-7-10-24(25(15-19)32(35)36)30-13-11-22(12-14-30)31-23-4-2-1-3-20(23)17-37-27(31)34/h1-10,15,22H,11-14,16-17,28H2,(H,29,33). The quantitative estimate of drug-likeness (QED) is 0.293. The number of nitro benzene ring substituents is 1. The number of nitrogens with zero attached hydrogens (tertiary/aromatic N) is 3. The number of amides is 2. The van der Waals surface area contributed by atoms with Gasteiger partial charge < -0.3 is 20.7 Å². The van der Waals surface area contributed by atoms with Crippen LogP contribution < -0.4 is 20.9 Å². The molecule has 1 fully saturated rings. The van der Waals surface area contributed by atoms with Crippen molar-refractivity contribution in [1.82, 2.24) is 5.32 Å². The van der Waals surface area contributed by atoms with Gasteiger partial charge in [-0.05, 0) is 48.7 Å². The Morgan fingerprint density at radius 3 is 2.51 bits per heavy atom. The summed E-state index contributed by atoms with van der Waals surface area (Å²) in [6, 6.07) is 19.3. The number of carbonyl (C=O) groups excluding carboxylic acids is 2. The van der Waals surface area contributed by atoms with Gasteiger partial charge in [-0.25, -0.2) is 4.79 Å². The number of hydrogen-bond donors (Lipinski definition) is 2. The van der Waals surface area contributed by atoms with Gasteiger partial charge >= 0.3 is 6.09 Å². The molecule has 5 rings (SSSR count). The molecule has 2 aliphatic heterocycles. The van der Waals surface area contributed by atoms with E-state index >= 15 is 0 Å². The SMILES string of the molecule is Nc1ccc(CNC(=O)c2ccc(N3CCC(N4C(=O)OCc5ccccc54)CC3)c([N+](=O)[O-])c2)cc1. The predicted octanol–water partition coefficient (Wildman–Crippen LogP) is 4.23. The van der Waals surface area contributed by atoms with Crippen molar-refractivity contribution in [1.29, 1.82) is 0 Å². The molecule has 0 aromatic heterocycles.